The zero-order valence-corrected chi connectivity index (χ0v) is 14.6. The first kappa shape index (κ1) is 16.5. The first-order chi connectivity index (χ1) is 12.5. The lowest BCUT2D eigenvalue weighted by Gasteiger charge is -2.15. The number of H-pyrrole nitrogens is 1. The van der Waals surface area contributed by atoms with Crippen LogP contribution in [0.5, 0.6) is 0 Å². The predicted molar refractivity (Wildman–Crippen MR) is 98.1 cm³/mol. The molecular formula is C18H16N4O3S. The van der Waals surface area contributed by atoms with E-state index in [9.17, 15) is 14.4 Å². The van der Waals surface area contributed by atoms with Crippen LogP contribution in [0, 0.1) is 0 Å². The summed E-state index contributed by atoms with van der Waals surface area (Å²) in [5.74, 6) is -1.46. The molecule has 0 aliphatic heterocycles. The van der Waals surface area contributed by atoms with Gasteiger partial charge in [-0.3, -0.25) is 14.4 Å². The van der Waals surface area contributed by atoms with Crippen molar-refractivity contribution >= 4 is 33.4 Å². The molecule has 1 aromatic carbocycles. The number of benzene rings is 1. The molecule has 1 aliphatic carbocycles. The highest BCUT2D eigenvalue weighted by Crippen LogP contribution is 2.34. The number of aromatic nitrogens is 2. The Labute approximate surface area is 152 Å². The van der Waals surface area contributed by atoms with Crippen LogP contribution in [0.3, 0.4) is 0 Å². The van der Waals surface area contributed by atoms with Crippen molar-refractivity contribution < 1.29 is 9.59 Å². The molecule has 4 N–H and O–H groups in total. The van der Waals surface area contributed by atoms with Crippen LogP contribution in [0.1, 0.15) is 39.1 Å². The Hall–Kier alpha value is -3.00. The Morgan fingerprint density at radius 2 is 2.00 bits per heavy atom. The first-order valence-corrected chi connectivity index (χ1v) is 9.06. The first-order valence-electron chi connectivity index (χ1n) is 8.24. The van der Waals surface area contributed by atoms with Gasteiger partial charge in [0, 0.05) is 4.88 Å². The van der Waals surface area contributed by atoms with Gasteiger partial charge in [0.05, 0.1) is 5.39 Å². The highest BCUT2D eigenvalue weighted by atomic mass is 32.1. The summed E-state index contributed by atoms with van der Waals surface area (Å²) in [5, 5.41) is 3.13. The molecule has 0 saturated carbocycles. The molecule has 0 fully saturated rings. The normalized spacial score (nSPS) is 14.2. The molecule has 2 amide bonds. The maximum atomic E-state index is 12.6. The van der Waals surface area contributed by atoms with Gasteiger partial charge in [-0.25, -0.2) is 4.98 Å². The van der Waals surface area contributed by atoms with E-state index in [0.717, 1.165) is 29.7 Å². The molecule has 3 aromatic rings. The van der Waals surface area contributed by atoms with Crippen molar-refractivity contribution in [1.82, 2.24) is 15.3 Å². The van der Waals surface area contributed by atoms with Crippen LogP contribution in [0.4, 0.5) is 0 Å². The highest BCUT2D eigenvalue weighted by molar-refractivity contribution is 7.18. The lowest BCUT2D eigenvalue weighted by atomic mass is 10.1. The second-order valence-corrected chi connectivity index (χ2v) is 7.26. The number of hydrogen-bond donors (Lipinski definition) is 3. The molecule has 8 heteroatoms. The molecule has 1 aliphatic rings. The zero-order valence-electron chi connectivity index (χ0n) is 13.7. The molecule has 0 bridgehead atoms. The van der Waals surface area contributed by atoms with Crippen LogP contribution < -0.4 is 16.6 Å². The highest BCUT2D eigenvalue weighted by Gasteiger charge is 2.25. The van der Waals surface area contributed by atoms with E-state index in [2.05, 4.69) is 15.3 Å². The van der Waals surface area contributed by atoms with E-state index < -0.39 is 17.9 Å². The van der Waals surface area contributed by atoms with Gasteiger partial charge in [0.2, 0.25) is 11.7 Å². The lowest BCUT2D eigenvalue weighted by Crippen LogP contribution is -2.38. The Morgan fingerprint density at radius 1 is 1.23 bits per heavy atom. The number of nitrogens with zero attached hydrogens (tertiary/aromatic N) is 1. The van der Waals surface area contributed by atoms with E-state index >= 15 is 0 Å². The standard InChI is InChI=1S/C18H16N4O3S/c19-14(23)13(9-5-2-1-3-6-9)20-17(25)15-21-16(24)12-10-7-4-8-11(10)26-18(12)22-15/h1-3,5-6,13H,4,7-8H2,(H2,19,23)(H,20,25)(H,21,22,24)/t13-/m1/s1. The number of hydrogen-bond acceptors (Lipinski definition) is 5. The second-order valence-electron chi connectivity index (χ2n) is 6.17. The molecule has 2 aromatic heterocycles. The van der Waals surface area contributed by atoms with Gasteiger partial charge in [-0.15, -0.1) is 11.3 Å². The molecule has 0 saturated heterocycles. The lowest BCUT2D eigenvalue weighted by molar-refractivity contribution is -0.120. The van der Waals surface area contributed by atoms with E-state index in [1.807, 2.05) is 0 Å². The smallest absolute Gasteiger partial charge is 0.288 e. The minimum absolute atomic E-state index is 0.121. The third-order valence-electron chi connectivity index (χ3n) is 4.48. The monoisotopic (exact) mass is 368 g/mol. The fourth-order valence-corrected chi connectivity index (χ4v) is 4.54. The molecule has 0 spiro atoms. The SMILES string of the molecule is NC(=O)[C@H](NC(=O)c1nc2sc3c(c2c(=O)[nH]1)CCC3)c1ccccc1. The average molecular weight is 368 g/mol. The minimum Gasteiger partial charge on any atom is -0.368 e. The van der Waals surface area contributed by atoms with Crippen molar-refractivity contribution in [3.63, 3.8) is 0 Å². The number of primary amides is 1. The van der Waals surface area contributed by atoms with Gasteiger partial charge in [0.25, 0.3) is 11.5 Å². The van der Waals surface area contributed by atoms with Crippen molar-refractivity contribution in [1.29, 1.82) is 0 Å². The minimum atomic E-state index is -1.00. The number of aromatic amines is 1. The topological polar surface area (TPSA) is 118 Å². The number of fused-ring (bicyclic) bond motifs is 3. The van der Waals surface area contributed by atoms with Gasteiger partial charge in [-0.1, -0.05) is 30.3 Å². The maximum Gasteiger partial charge on any atom is 0.288 e. The van der Waals surface area contributed by atoms with Gasteiger partial charge in [-0.05, 0) is 30.4 Å². The number of nitrogens with two attached hydrogens (primary N) is 1. The van der Waals surface area contributed by atoms with Gasteiger partial charge < -0.3 is 16.0 Å². The summed E-state index contributed by atoms with van der Waals surface area (Å²) in [5.41, 5.74) is 6.70. The van der Waals surface area contributed by atoms with Crippen molar-refractivity contribution in [2.75, 3.05) is 0 Å². The summed E-state index contributed by atoms with van der Waals surface area (Å²) in [6.07, 6.45) is 2.84. The van der Waals surface area contributed by atoms with E-state index in [-0.39, 0.29) is 11.4 Å². The zero-order chi connectivity index (χ0) is 18.3. The number of rotatable bonds is 4. The van der Waals surface area contributed by atoms with Gasteiger partial charge >= 0.3 is 0 Å². The summed E-state index contributed by atoms with van der Waals surface area (Å²) in [4.78, 5) is 45.3. The van der Waals surface area contributed by atoms with E-state index in [1.165, 1.54) is 11.3 Å². The van der Waals surface area contributed by atoms with Crippen LogP contribution in [-0.4, -0.2) is 21.8 Å². The quantitative estimate of drug-likeness (QED) is 0.645. The molecule has 0 unspecified atom stereocenters. The van der Waals surface area contributed by atoms with E-state index in [1.54, 1.807) is 30.3 Å². The molecule has 7 nitrogen and oxygen atoms in total. The summed E-state index contributed by atoms with van der Waals surface area (Å²) < 4.78 is 0. The Bertz CT molecular complexity index is 1070. The second kappa shape index (κ2) is 6.38. The van der Waals surface area contributed by atoms with Gasteiger partial charge in [0.1, 0.15) is 10.9 Å². The molecule has 0 radical (unpaired) electrons. The van der Waals surface area contributed by atoms with Gasteiger partial charge in [0.15, 0.2) is 0 Å². The summed E-state index contributed by atoms with van der Waals surface area (Å²) in [6, 6.07) is 7.68. The van der Waals surface area contributed by atoms with Crippen LogP contribution >= 0.6 is 11.3 Å². The van der Waals surface area contributed by atoms with Crippen LogP contribution in [0.2, 0.25) is 0 Å². The fourth-order valence-electron chi connectivity index (χ4n) is 3.27. The van der Waals surface area contributed by atoms with Crippen LogP contribution in [0.25, 0.3) is 10.2 Å². The van der Waals surface area contributed by atoms with E-state index in [0.29, 0.717) is 15.8 Å². The molecular weight excluding hydrogens is 352 g/mol. The van der Waals surface area contributed by atoms with Gasteiger partial charge in [-0.2, -0.15) is 0 Å². The summed E-state index contributed by atoms with van der Waals surface area (Å²) >= 11 is 1.45. The van der Waals surface area contributed by atoms with Crippen LogP contribution in [0.15, 0.2) is 35.1 Å². The largest absolute Gasteiger partial charge is 0.368 e. The van der Waals surface area contributed by atoms with Crippen LogP contribution in [-0.2, 0) is 17.6 Å². The third-order valence-corrected chi connectivity index (χ3v) is 5.67. The molecule has 132 valence electrons. The van der Waals surface area contributed by atoms with Crippen molar-refractivity contribution in [2.24, 2.45) is 5.73 Å². The number of carbonyl (C=O) groups excluding carboxylic acids is 2. The average Bonchev–Trinajstić information content (AvgIpc) is 3.20. The number of aryl methyl sites for hydroxylation is 2. The molecule has 4 rings (SSSR count). The van der Waals surface area contributed by atoms with Crippen molar-refractivity contribution in [2.45, 2.75) is 25.3 Å². The number of nitrogens with one attached hydrogen (secondary N) is 2. The predicted octanol–water partition coefficient (Wildman–Crippen LogP) is 1.43. The number of carbonyl (C=O) groups is 2. The Morgan fingerprint density at radius 3 is 2.73 bits per heavy atom. The maximum absolute atomic E-state index is 12.6. The fraction of sp³-hybridized carbons (Fsp3) is 0.222. The molecule has 2 heterocycles. The summed E-state index contributed by atoms with van der Waals surface area (Å²) in [7, 11) is 0. The Balaban J connectivity index is 1.68. The van der Waals surface area contributed by atoms with Crippen molar-refractivity contribution in [3.8, 4) is 0 Å². The van der Waals surface area contributed by atoms with E-state index in [4.69, 9.17) is 5.73 Å². The number of amides is 2. The molecule has 26 heavy (non-hydrogen) atoms. The molecule has 1 atom stereocenters. The third kappa shape index (κ3) is 2.78. The Kier molecular flexibility index (Phi) is 4.04. The number of thiophene rings is 1. The summed E-state index contributed by atoms with van der Waals surface area (Å²) in [6.45, 7) is 0. The van der Waals surface area contributed by atoms with Crippen molar-refractivity contribution in [3.05, 3.63) is 62.5 Å².